The average molecular weight is 413 g/mol. The number of thiazole rings is 1. The third-order valence-electron chi connectivity index (χ3n) is 4.09. The van der Waals surface area contributed by atoms with Gasteiger partial charge in [-0.1, -0.05) is 18.2 Å². The molecule has 3 rings (SSSR count). The maximum atomic E-state index is 12.4. The van der Waals surface area contributed by atoms with Crippen molar-refractivity contribution in [1.29, 1.82) is 0 Å². The molecule has 0 spiro atoms. The first kappa shape index (κ1) is 20.3. The van der Waals surface area contributed by atoms with Gasteiger partial charge >= 0.3 is 11.9 Å². The number of nitrogens with zero attached hydrogens (tertiary/aromatic N) is 1. The maximum absolute atomic E-state index is 12.4. The number of aromatic nitrogens is 1. The Labute approximate surface area is 171 Å². The van der Waals surface area contributed by atoms with E-state index in [9.17, 15) is 9.59 Å². The van der Waals surface area contributed by atoms with Gasteiger partial charge in [-0.2, -0.15) is 0 Å². The maximum Gasteiger partial charge on any atom is 0.339 e. The Morgan fingerprint density at radius 2 is 1.66 bits per heavy atom. The third kappa shape index (κ3) is 4.38. The molecule has 0 saturated heterocycles. The Morgan fingerprint density at radius 3 is 2.31 bits per heavy atom. The van der Waals surface area contributed by atoms with Crippen LogP contribution in [-0.2, 0) is 16.1 Å². The van der Waals surface area contributed by atoms with Crippen LogP contribution >= 0.6 is 11.3 Å². The lowest BCUT2D eigenvalue weighted by Gasteiger charge is -2.10. The van der Waals surface area contributed by atoms with Crippen LogP contribution in [0.1, 0.15) is 26.4 Å². The van der Waals surface area contributed by atoms with Crippen LogP contribution in [0.15, 0.2) is 47.8 Å². The molecule has 0 amide bonds. The number of hydrogen-bond donors (Lipinski definition) is 0. The number of esters is 2. The lowest BCUT2D eigenvalue weighted by atomic mass is 10.1. The van der Waals surface area contributed by atoms with E-state index in [4.69, 9.17) is 18.9 Å². The second-order valence-corrected chi connectivity index (χ2v) is 6.66. The van der Waals surface area contributed by atoms with Crippen molar-refractivity contribution in [3.8, 4) is 22.1 Å². The number of methoxy groups -OCH3 is 3. The molecule has 0 aliphatic heterocycles. The predicted molar refractivity (Wildman–Crippen MR) is 108 cm³/mol. The summed E-state index contributed by atoms with van der Waals surface area (Å²) >= 11 is 1.40. The van der Waals surface area contributed by atoms with Crippen molar-refractivity contribution in [2.45, 2.75) is 6.61 Å². The summed E-state index contributed by atoms with van der Waals surface area (Å²) in [6.45, 7) is -0.0306. The van der Waals surface area contributed by atoms with Crippen molar-refractivity contribution < 1.29 is 28.5 Å². The quantitative estimate of drug-likeness (QED) is 0.542. The van der Waals surface area contributed by atoms with E-state index in [0.29, 0.717) is 22.2 Å². The molecule has 0 N–H and O–H groups in total. The highest BCUT2D eigenvalue weighted by atomic mass is 32.1. The van der Waals surface area contributed by atoms with E-state index in [2.05, 4.69) is 4.98 Å². The van der Waals surface area contributed by atoms with Crippen molar-refractivity contribution in [2.24, 2.45) is 0 Å². The topological polar surface area (TPSA) is 84.0 Å². The van der Waals surface area contributed by atoms with Crippen LogP contribution in [0, 0.1) is 0 Å². The Bertz CT molecular complexity index is 1030. The van der Waals surface area contributed by atoms with Crippen molar-refractivity contribution >= 4 is 23.3 Å². The smallest absolute Gasteiger partial charge is 0.339 e. The largest absolute Gasteiger partial charge is 0.493 e. The van der Waals surface area contributed by atoms with E-state index in [1.807, 2.05) is 12.1 Å². The summed E-state index contributed by atoms with van der Waals surface area (Å²) in [5.74, 6) is -0.0365. The molecule has 1 aromatic heterocycles. The number of benzene rings is 2. The first-order chi connectivity index (χ1) is 14.1. The van der Waals surface area contributed by atoms with Crippen molar-refractivity contribution in [2.75, 3.05) is 21.3 Å². The zero-order valence-corrected chi connectivity index (χ0v) is 16.9. The van der Waals surface area contributed by atoms with Crippen LogP contribution in [0.2, 0.25) is 0 Å². The zero-order chi connectivity index (χ0) is 20.8. The number of para-hydroxylation sites is 1. The van der Waals surface area contributed by atoms with E-state index in [1.165, 1.54) is 30.6 Å². The predicted octanol–water partition coefficient (Wildman–Crippen LogP) is 3.97. The third-order valence-corrected chi connectivity index (χ3v) is 5.01. The summed E-state index contributed by atoms with van der Waals surface area (Å²) in [5, 5.41) is 2.51. The molecular weight excluding hydrogens is 394 g/mol. The molecule has 7 nitrogen and oxygen atoms in total. The van der Waals surface area contributed by atoms with Gasteiger partial charge in [0, 0.05) is 5.38 Å². The standard InChI is InChI=1S/C21H19NO6S/c1-25-17-10-6-9-16(18(17)26-2)19-22-13(12-29-19)11-28-21(24)15-8-5-4-7-14(15)20(23)27-3/h4-10,12H,11H2,1-3H3. The number of hydrogen-bond acceptors (Lipinski definition) is 8. The van der Waals surface area contributed by atoms with E-state index in [-0.39, 0.29) is 17.7 Å². The van der Waals surface area contributed by atoms with Crippen LogP contribution in [-0.4, -0.2) is 38.3 Å². The van der Waals surface area contributed by atoms with Crippen molar-refractivity contribution in [1.82, 2.24) is 4.98 Å². The SMILES string of the molecule is COC(=O)c1ccccc1C(=O)OCc1csc(-c2cccc(OC)c2OC)n1. The van der Waals surface area contributed by atoms with Crippen LogP contribution in [0.5, 0.6) is 11.5 Å². The van der Waals surface area contributed by atoms with Gasteiger partial charge in [0.15, 0.2) is 11.5 Å². The minimum atomic E-state index is -0.625. The van der Waals surface area contributed by atoms with Gasteiger partial charge in [-0.05, 0) is 24.3 Å². The minimum Gasteiger partial charge on any atom is -0.493 e. The molecule has 8 heteroatoms. The summed E-state index contributed by atoms with van der Waals surface area (Å²) in [4.78, 5) is 28.8. The van der Waals surface area contributed by atoms with Gasteiger partial charge in [-0.3, -0.25) is 0 Å². The van der Waals surface area contributed by atoms with Gasteiger partial charge in [-0.15, -0.1) is 11.3 Å². The summed E-state index contributed by atoms with van der Waals surface area (Å²) in [6, 6.07) is 11.9. The summed E-state index contributed by atoms with van der Waals surface area (Å²) in [7, 11) is 4.39. The van der Waals surface area contributed by atoms with Gasteiger partial charge in [0.25, 0.3) is 0 Å². The monoisotopic (exact) mass is 413 g/mol. The molecule has 1 heterocycles. The van der Waals surface area contributed by atoms with Crippen molar-refractivity contribution in [3.05, 3.63) is 64.7 Å². The zero-order valence-electron chi connectivity index (χ0n) is 16.1. The minimum absolute atomic E-state index is 0.0306. The molecule has 0 unspecified atom stereocenters. The van der Waals surface area contributed by atoms with E-state index < -0.39 is 11.9 Å². The molecule has 0 aliphatic rings. The van der Waals surface area contributed by atoms with Gasteiger partial charge in [0.05, 0.1) is 43.7 Å². The number of carbonyl (C=O) groups excluding carboxylic acids is 2. The Hall–Kier alpha value is -3.39. The molecule has 29 heavy (non-hydrogen) atoms. The van der Waals surface area contributed by atoms with E-state index in [1.54, 1.807) is 37.8 Å². The van der Waals surface area contributed by atoms with Crippen LogP contribution in [0.4, 0.5) is 0 Å². The first-order valence-electron chi connectivity index (χ1n) is 8.59. The van der Waals surface area contributed by atoms with Gasteiger partial charge in [0.1, 0.15) is 11.6 Å². The summed E-state index contributed by atoms with van der Waals surface area (Å²) in [5.41, 5.74) is 1.66. The molecule has 0 atom stereocenters. The highest BCUT2D eigenvalue weighted by Gasteiger charge is 2.19. The normalized spacial score (nSPS) is 10.3. The van der Waals surface area contributed by atoms with Gasteiger partial charge in [-0.25, -0.2) is 14.6 Å². The molecule has 2 aromatic carbocycles. The van der Waals surface area contributed by atoms with Gasteiger partial charge in [0.2, 0.25) is 0 Å². The number of ether oxygens (including phenoxy) is 4. The molecule has 0 aliphatic carbocycles. The highest BCUT2D eigenvalue weighted by Crippen LogP contribution is 2.39. The van der Waals surface area contributed by atoms with Gasteiger partial charge < -0.3 is 18.9 Å². The molecule has 0 fully saturated rings. The first-order valence-corrected chi connectivity index (χ1v) is 9.47. The fourth-order valence-electron chi connectivity index (χ4n) is 2.72. The second kappa shape index (κ2) is 9.20. The summed E-state index contributed by atoms with van der Waals surface area (Å²) < 4.78 is 20.8. The average Bonchev–Trinajstić information content (AvgIpc) is 3.25. The number of carbonyl (C=O) groups is 2. The number of rotatable bonds is 7. The van der Waals surface area contributed by atoms with E-state index in [0.717, 1.165) is 5.56 Å². The lowest BCUT2D eigenvalue weighted by molar-refractivity contribution is 0.0454. The Kier molecular flexibility index (Phi) is 6.46. The Balaban J connectivity index is 1.76. The second-order valence-electron chi connectivity index (χ2n) is 5.80. The molecule has 3 aromatic rings. The molecule has 0 radical (unpaired) electrons. The van der Waals surface area contributed by atoms with E-state index >= 15 is 0 Å². The van der Waals surface area contributed by atoms with Crippen molar-refractivity contribution in [3.63, 3.8) is 0 Å². The lowest BCUT2D eigenvalue weighted by Crippen LogP contribution is -2.12. The molecule has 0 bridgehead atoms. The fraction of sp³-hybridized carbons (Fsp3) is 0.190. The molecular formula is C21H19NO6S. The Morgan fingerprint density at radius 1 is 0.931 bits per heavy atom. The molecule has 150 valence electrons. The summed E-state index contributed by atoms with van der Waals surface area (Å²) in [6.07, 6.45) is 0. The highest BCUT2D eigenvalue weighted by molar-refractivity contribution is 7.13. The van der Waals surface area contributed by atoms with Crippen LogP contribution in [0.25, 0.3) is 10.6 Å². The molecule has 0 saturated carbocycles. The van der Waals surface area contributed by atoms with Crippen LogP contribution < -0.4 is 9.47 Å². The fourth-order valence-corrected chi connectivity index (χ4v) is 3.54. The van der Waals surface area contributed by atoms with Crippen LogP contribution in [0.3, 0.4) is 0 Å².